The van der Waals surface area contributed by atoms with Gasteiger partial charge in [-0.1, -0.05) is 144 Å². The van der Waals surface area contributed by atoms with Gasteiger partial charge in [-0.3, -0.25) is 0 Å². The highest BCUT2D eigenvalue weighted by Gasteiger charge is 2.63. The summed E-state index contributed by atoms with van der Waals surface area (Å²) in [5, 5.41) is 2.48. The molecule has 1 fully saturated rings. The minimum absolute atomic E-state index is 0.00997. The summed E-state index contributed by atoms with van der Waals surface area (Å²) in [4.78, 5) is 5.64. The normalized spacial score (nSPS) is 22.4. The third kappa shape index (κ3) is 5.55. The van der Waals surface area contributed by atoms with Crippen LogP contribution in [0, 0.1) is 6.92 Å². The van der Waals surface area contributed by atoms with E-state index in [1.807, 2.05) is 0 Å². The third-order valence-corrected chi connectivity index (χ3v) is 17.8. The van der Waals surface area contributed by atoms with Crippen LogP contribution in [0.15, 0.2) is 101 Å². The van der Waals surface area contributed by atoms with Crippen LogP contribution in [0.25, 0.3) is 44.2 Å². The van der Waals surface area contributed by atoms with E-state index in [0.29, 0.717) is 0 Å². The number of hydrogen-bond acceptors (Lipinski definition) is 3. The topological polar surface area (TPSA) is 19.6 Å². The van der Waals surface area contributed by atoms with Crippen molar-refractivity contribution in [2.75, 3.05) is 9.71 Å². The maximum Gasteiger partial charge on any atom is 0.328 e. The van der Waals surface area contributed by atoms with Crippen LogP contribution in [0.3, 0.4) is 0 Å². The SMILES string of the molecule is Cc1cc2c3c(c1)N(c1ccc(C(C)(C)C)cc1-c1ccccc1)c1cc4oc5cc6c(cc5c4cc1B3N1c3c-2cc(C(C)(C)C)cc3C2(C)CCCCC12C)C(C)(C)CCC6(C)C. The second-order valence-corrected chi connectivity index (χ2v) is 24.9. The first-order chi connectivity index (χ1) is 30.6. The van der Waals surface area contributed by atoms with E-state index in [9.17, 15) is 0 Å². The van der Waals surface area contributed by atoms with Gasteiger partial charge >= 0.3 is 6.85 Å². The average molecular weight is 855 g/mol. The Labute approximate surface area is 388 Å². The molecular formula is C61H67BN2O. The smallest absolute Gasteiger partial charge is 0.328 e. The minimum Gasteiger partial charge on any atom is -0.456 e. The molecule has 3 aliphatic heterocycles. The number of hydrogen-bond donors (Lipinski definition) is 0. The first-order valence-corrected chi connectivity index (χ1v) is 24.8. The molecule has 1 saturated carbocycles. The van der Waals surface area contributed by atoms with Crippen LogP contribution in [0.5, 0.6) is 0 Å². The summed E-state index contributed by atoms with van der Waals surface area (Å²) in [6.07, 6.45) is 7.26. The fourth-order valence-electron chi connectivity index (χ4n) is 13.6. The van der Waals surface area contributed by atoms with E-state index in [-0.39, 0.29) is 39.5 Å². The summed E-state index contributed by atoms with van der Waals surface area (Å²) in [5.41, 5.74) is 23.9. The largest absolute Gasteiger partial charge is 0.456 e. The van der Waals surface area contributed by atoms with Crippen molar-refractivity contribution >= 4 is 62.5 Å². The van der Waals surface area contributed by atoms with Crippen molar-refractivity contribution in [3.8, 4) is 22.3 Å². The molecule has 4 heterocycles. The van der Waals surface area contributed by atoms with Gasteiger partial charge in [0.2, 0.25) is 0 Å². The van der Waals surface area contributed by atoms with Crippen LogP contribution in [-0.4, -0.2) is 12.4 Å². The minimum atomic E-state index is -0.0749. The van der Waals surface area contributed by atoms with Crippen LogP contribution in [0.1, 0.15) is 155 Å². The van der Waals surface area contributed by atoms with Crippen molar-refractivity contribution in [2.24, 2.45) is 0 Å². The zero-order valence-electron chi connectivity index (χ0n) is 41.4. The van der Waals surface area contributed by atoms with E-state index in [1.54, 1.807) is 5.56 Å². The predicted octanol–water partition coefficient (Wildman–Crippen LogP) is 15.5. The molecule has 0 bridgehead atoms. The Hall–Kier alpha value is -5.22. The number of fused-ring (bicyclic) bond motifs is 11. The Morgan fingerprint density at radius 1 is 0.554 bits per heavy atom. The van der Waals surface area contributed by atoms with E-state index in [4.69, 9.17) is 4.42 Å². The Bertz CT molecular complexity index is 3190. The highest BCUT2D eigenvalue weighted by atomic mass is 16.3. The molecule has 5 aliphatic rings. The Morgan fingerprint density at radius 2 is 1.20 bits per heavy atom. The molecule has 65 heavy (non-hydrogen) atoms. The van der Waals surface area contributed by atoms with Gasteiger partial charge in [-0.15, -0.1) is 0 Å². The van der Waals surface area contributed by atoms with Crippen LogP contribution < -0.4 is 20.6 Å². The molecule has 3 nitrogen and oxygen atoms in total. The van der Waals surface area contributed by atoms with E-state index < -0.39 is 0 Å². The number of furan rings is 1. The fraction of sp³-hybridized carbons (Fsp3) is 0.410. The van der Waals surface area contributed by atoms with Gasteiger partial charge < -0.3 is 14.1 Å². The van der Waals surface area contributed by atoms with Gasteiger partial charge in [-0.25, -0.2) is 0 Å². The Kier molecular flexibility index (Phi) is 8.26. The van der Waals surface area contributed by atoms with Crippen LogP contribution in [0.2, 0.25) is 0 Å². The summed E-state index contributed by atoms with van der Waals surface area (Å²) in [7, 11) is 0. The standard InChI is InChI=1S/C61H67BN2O/c1-36-27-43-44-30-39(57(5,6)7)31-47-55(44)64(61(13)24-18-17-23-60(47,61)12)62-48-33-42-41-32-45-46(59(10,11)26-25-58(45,8)9)34-52(41)65-53(42)35-50(48)63(51(28-36)54(43)62)49-22-21-38(56(2,3)4)29-40(49)37-19-15-14-16-20-37/h14-16,19-22,27-35H,17-18,23-26H2,1-13H3. The highest BCUT2D eigenvalue weighted by Crippen LogP contribution is 2.64. The lowest BCUT2D eigenvalue weighted by atomic mass is 9.42. The van der Waals surface area contributed by atoms with Gasteiger partial charge in [0.05, 0.1) is 5.69 Å². The van der Waals surface area contributed by atoms with Crippen molar-refractivity contribution in [1.29, 1.82) is 0 Å². The summed E-state index contributed by atoms with van der Waals surface area (Å²) < 4.78 is 7.17. The summed E-state index contributed by atoms with van der Waals surface area (Å²) in [5.74, 6) is 0. The zero-order chi connectivity index (χ0) is 45.5. The first-order valence-electron chi connectivity index (χ1n) is 24.8. The van der Waals surface area contributed by atoms with E-state index >= 15 is 0 Å². The molecule has 7 aromatic rings. The molecule has 12 rings (SSSR count). The molecule has 2 unspecified atom stereocenters. The molecule has 0 spiro atoms. The lowest BCUT2D eigenvalue weighted by molar-refractivity contribution is 0.199. The van der Waals surface area contributed by atoms with Crippen molar-refractivity contribution in [2.45, 2.75) is 161 Å². The number of benzene rings is 6. The van der Waals surface area contributed by atoms with Gasteiger partial charge in [0, 0.05) is 56.0 Å². The van der Waals surface area contributed by atoms with E-state index in [0.717, 1.165) is 11.2 Å². The third-order valence-electron chi connectivity index (χ3n) is 17.8. The van der Waals surface area contributed by atoms with Crippen molar-refractivity contribution in [3.63, 3.8) is 0 Å². The predicted molar refractivity (Wildman–Crippen MR) is 278 cm³/mol. The lowest BCUT2D eigenvalue weighted by Crippen LogP contribution is -2.70. The molecule has 0 radical (unpaired) electrons. The molecule has 330 valence electrons. The van der Waals surface area contributed by atoms with Gasteiger partial charge in [-0.2, -0.15) is 0 Å². The average Bonchev–Trinajstić information content (AvgIpc) is 3.71. The van der Waals surface area contributed by atoms with E-state index in [1.165, 1.54) is 133 Å². The van der Waals surface area contributed by atoms with Gasteiger partial charge in [0.1, 0.15) is 11.2 Å². The molecule has 0 saturated heterocycles. The summed E-state index contributed by atoms with van der Waals surface area (Å²) in [6.45, 7) is 31.6. The maximum atomic E-state index is 7.17. The molecule has 0 amide bonds. The highest BCUT2D eigenvalue weighted by molar-refractivity contribution is 6.93. The van der Waals surface area contributed by atoms with Crippen LogP contribution >= 0.6 is 0 Å². The zero-order valence-corrected chi connectivity index (χ0v) is 41.4. The molecule has 2 aliphatic carbocycles. The Morgan fingerprint density at radius 3 is 1.91 bits per heavy atom. The number of anilines is 4. The first kappa shape index (κ1) is 41.2. The van der Waals surface area contributed by atoms with Gasteiger partial charge in [0.15, 0.2) is 0 Å². The Balaban J connectivity index is 1.23. The second kappa shape index (κ2) is 13.0. The maximum absolute atomic E-state index is 7.17. The monoisotopic (exact) mass is 855 g/mol. The van der Waals surface area contributed by atoms with Crippen molar-refractivity contribution in [3.05, 3.63) is 130 Å². The van der Waals surface area contributed by atoms with E-state index in [2.05, 4.69) is 197 Å². The lowest BCUT2D eigenvalue weighted by Gasteiger charge is -2.55. The van der Waals surface area contributed by atoms with Crippen LogP contribution in [0.4, 0.5) is 22.7 Å². The number of rotatable bonds is 2. The van der Waals surface area contributed by atoms with Crippen molar-refractivity contribution < 1.29 is 4.42 Å². The fourth-order valence-corrected chi connectivity index (χ4v) is 13.6. The number of aryl methyl sites for hydroxylation is 1. The summed E-state index contributed by atoms with van der Waals surface area (Å²) in [6, 6.07) is 38.6. The molecular weight excluding hydrogens is 787 g/mol. The number of nitrogens with zero attached hydrogens (tertiary/aromatic N) is 2. The summed E-state index contributed by atoms with van der Waals surface area (Å²) >= 11 is 0. The molecule has 0 N–H and O–H groups in total. The van der Waals surface area contributed by atoms with Gasteiger partial charge in [-0.05, 0) is 153 Å². The quantitative estimate of drug-likeness (QED) is 0.162. The molecule has 2 atom stereocenters. The second-order valence-electron chi connectivity index (χ2n) is 24.9. The molecule has 4 heteroatoms. The molecule has 1 aromatic heterocycles. The molecule has 6 aromatic carbocycles. The van der Waals surface area contributed by atoms with Crippen molar-refractivity contribution in [1.82, 2.24) is 0 Å². The van der Waals surface area contributed by atoms with Gasteiger partial charge in [0.25, 0.3) is 0 Å². The van der Waals surface area contributed by atoms with Crippen LogP contribution in [-0.2, 0) is 27.1 Å².